The Hall–Kier alpha value is -2.44. The van der Waals surface area contributed by atoms with Crippen molar-refractivity contribution in [3.8, 4) is 6.07 Å². The fourth-order valence-corrected chi connectivity index (χ4v) is 3.18. The molecule has 1 aromatic heterocycles. The first-order valence-electron chi connectivity index (χ1n) is 7.54. The van der Waals surface area contributed by atoms with E-state index >= 15 is 0 Å². The lowest BCUT2D eigenvalue weighted by molar-refractivity contribution is -0.113. The topological polar surface area (TPSA) is 106 Å². The number of nitrogens with zero attached hydrogens (tertiary/aromatic N) is 5. The van der Waals surface area contributed by atoms with Crippen LogP contribution in [-0.4, -0.2) is 45.1 Å². The summed E-state index contributed by atoms with van der Waals surface area (Å²) in [5, 5.41) is 24.0. The summed E-state index contributed by atoms with van der Waals surface area (Å²) in [6.07, 6.45) is 1.73. The number of anilines is 1. The van der Waals surface area contributed by atoms with Crippen molar-refractivity contribution < 1.29 is 9.53 Å². The lowest BCUT2D eigenvalue weighted by Crippen LogP contribution is -2.21. The Morgan fingerprint density at radius 3 is 3.08 bits per heavy atom. The zero-order valence-corrected chi connectivity index (χ0v) is 13.7. The molecule has 1 aliphatic rings. The molecule has 2 heterocycles. The van der Waals surface area contributed by atoms with Crippen LogP contribution in [0.25, 0.3) is 0 Å². The predicted octanol–water partition coefficient (Wildman–Crippen LogP) is 1.63. The van der Waals surface area contributed by atoms with E-state index in [-0.39, 0.29) is 17.7 Å². The molecule has 0 saturated carbocycles. The molecule has 1 amide bonds. The Bertz CT molecular complexity index is 750. The van der Waals surface area contributed by atoms with Gasteiger partial charge in [0.2, 0.25) is 11.1 Å². The number of tetrazole rings is 1. The van der Waals surface area contributed by atoms with Crippen LogP contribution in [0.4, 0.5) is 5.69 Å². The van der Waals surface area contributed by atoms with Gasteiger partial charge in [0.15, 0.2) is 0 Å². The molecular formula is C15H16N6O2S. The quantitative estimate of drug-likeness (QED) is 0.822. The number of rotatable bonds is 5. The normalized spacial score (nSPS) is 15.0. The Morgan fingerprint density at radius 1 is 1.46 bits per heavy atom. The van der Waals surface area contributed by atoms with Gasteiger partial charge in [0.25, 0.3) is 0 Å². The van der Waals surface area contributed by atoms with E-state index in [1.807, 2.05) is 6.07 Å². The number of carbonyl (C=O) groups is 1. The van der Waals surface area contributed by atoms with E-state index in [1.54, 1.807) is 28.9 Å². The Balaban J connectivity index is 1.57. The molecule has 0 bridgehead atoms. The molecule has 0 unspecified atom stereocenters. The molecule has 3 rings (SSSR count). The number of thioether (sulfide) groups is 1. The SMILES string of the molecule is N#Cc1cccc(NC(=O)CSc2nnnn2C2CCOCC2)c1. The molecule has 1 aromatic carbocycles. The highest BCUT2D eigenvalue weighted by Gasteiger charge is 2.21. The highest BCUT2D eigenvalue weighted by Crippen LogP contribution is 2.25. The summed E-state index contributed by atoms with van der Waals surface area (Å²) in [5.74, 6) is 0.0250. The minimum Gasteiger partial charge on any atom is -0.381 e. The van der Waals surface area contributed by atoms with Gasteiger partial charge in [-0.15, -0.1) is 5.10 Å². The summed E-state index contributed by atoms with van der Waals surface area (Å²) >= 11 is 1.29. The van der Waals surface area contributed by atoms with Crippen molar-refractivity contribution in [1.82, 2.24) is 20.2 Å². The van der Waals surface area contributed by atoms with Crippen LogP contribution < -0.4 is 5.32 Å². The summed E-state index contributed by atoms with van der Waals surface area (Å²) in [6, 6.07) is 9.05. The number of hydrogen-bond acceptors (Lipinski definition) is 7. The van der Waals surface area contributed by atoms with Gasteiger partial charge in [-0.2, -0.15) is 5.26 Å². The zero-order chi connectivity index (χ0) is 16.8. The Morgan fingerprint density at radius 2 is 2.29 bits per heavy atom. The maximum Gasteiger partial charge on any atom is 0.234 e. The number of nitrogens with one attached hydrogen (secondary N) is 1. The van der Waals surface area contributed by atoms with Crippen LogP contribution >= 0.6 is 11.8 Å². The first-order chi connectivity index (χ1) is 11.8. The lowest BCUT2D eigenvalue weighted by Gasteiger charge is -2.22. The number of amides is 1. The van der Waals surface area contributed by atoms with Gasteiger partial charge in [0, 0.05) is 18.9 Å². The molecule has 1 saturated heterocycles. The van der Waals surface area contributed by atoms with Crippen LogP contribution in [0.15, 0.2) is 29.4 Å². The van der Waals surface area contributed by atoms with E-state index in [4.69, 9.17) is 10.00 Å². The second kappa shape index (κ2) is 7.90. The van der Waals surface area contributed by atoms with Crippen LogP contribution in [0.2, 0.25) is 0 Å². The molecule has 0 atom stereocenters. The molecule has 0 aliphatic carbocycles. The largest absolute Gasteiger partial charge is 0.381 e. The third-order valence-corrected chi connectivity index (χ3v) is 4.54. The zero-order valence-electron chi connectivity index (χ0n) is 12.9. The molecule has 9 heteroatoms. The summed E-state index contributed by atoms with van der Waals surface area (Å²) in [6.45, 7) is 1.40. The van der Waals surface area contributed by atoms with Gasteiger partial charge in [-0.3, -0.25) is 4.79 Å². The molecule has 1 N–H and O–H groups in total. The predicted molar refractivity (Wildman–Crippen MR) is 87.4 cm³/mol. The maximum atomic E-state index is 12.1. The van der Waals surface area contributed by atoms with Crippen LogP contribution in [0.3, 0.4) is 0 Å². The lowest BCUT2D eigenvalue weighted by atomic mass is 10.1. The summed E-state index contributed by atoms with van der Waals surface area (Å²) < 4.78 is 7.12. The number of carbonyl (C=O) groups excluding carboxylic acids is 1. The third kappa shape index (κ3) is 4.10. The van der Waals surface area contributed by atoms with Gasteiger partial charge in [-0.05, 0) is 41.5 Å². The standard InChI is InChI=1S/C15H16N6O2S/c16-9-11-2-1-3-12(8-11)17-14(22)10-24-15-18-19-20-21(15)13-4-6-23-7-5-13/h1-3,8,13H,4-7,10H2,(H,17,22). The van der Waals surface area contributed by atoms with Gasteiger partial charge in [-0.25, -0.2) is 4.68 Å². The van der Waals surface area contributed by atoms with Crippen LogP contribution in [0, 0.1) is 11.3 Å². The average Bonchev–Trinajstić information content (AvgIpc) is 3.09. The fourth-order valence-electron chi connectivity index (χ4n) is 2.43. The van der Waals surface area contributed by atoms with Gasteiger partial charge in [-0.1, -0.05) is 17.8 Å². The van der Waals surface area contributed by atoms with Crippen molar-refractivity contribution in [2.24, 2.45) is 0 Å². The van der Waals surface area contributed by atoms with Crippen molar-refractivity contribution in [2.75, 3.05) is 24.3 Å². The molecule has 8 nitrogen and oxygen atoms in total. The Labute approximate surface area is 143 Å². The first-order valence-corrected chi connectivity index (χ1v) is 8.53. The van der Waals surface area contributed by atoms with E-state index in [0.717, 1.165) is 12.8 Å². The van der Waals surface area contributed by atoms with Crippen molar-refractivity contribution in [2.45, 2.75) is 24.0 Å². The molecule has 124 valence electrons. The fraction of sp³-hybridized carbons (Fsp3) is 0.400. The number of nitriles is 1. The molecule has 1 fully saturated rings. The summed E-state index contributed by atoms with van der Waals surface area (Å²) in [5.41, 5.74) is 1.10. The highest BCUT2D eigenvalue weighted by molar-refractivity contribution is 7.99. The van der Waals surface area contributed by atoms with E-state index in [0.29, 0.717) is 29.6 Å². The monoisotopic (exact) mass is 344 g/mol. The minimum atomic E-state index is -0.170. The number of benzene rings is 1. The van der Waals surface area contributed by atoms with Crippen LogP contribution in [0.1, 0.15) is 24.4 Å². The van der Waals surface area contributed by atoms with E-state index < -0.39 is 0 Å². The van der Waals surface area contributed by atoms with Gasteiger partial charge in [0.05, 0.1) is 23.4 Å². The summed E-state index contributed by atoms with van der Waals surface area (Å²) in [7, 11) is 0. The number of ether oxygens (including phenoxy) is 1. The van der Waals surface area contributed by atoms with E-state index in [9.17, 15) is 4.79 Å². The number of hydrogen-bond donors (Lipinski definition) is 1. The van der Waals surface area contributed by atoms with Crippen molar-refractivity contribution in [1.29, 1.82) is 5.26 Å². The summed E-state index contributed by atoms with van der Waals surface area (Å²) in [4.78, 5) is 12.1. The molecular weight excluding hydrogens is 328 g/mol. The van der Waals surface area contributed by atoms with Crippen LogP contribution in [0.5, 0.6) is 0 Å². The van der Waals surface area contributed by atoms with Crippen molar-refractivity contribution >= 4 is 23.4 Å². The molecule has 1 aliphatic heterocycles. The molecule has 24 heavy (non-hydrogen) atoms. The maximum absolute atomic E-state index is 12.1. The second-order valence-electron chi connectivity index (χ2n) is 5.28. The minimum absolute atomic E-state index is 0.170. The van der Waals surface area contributed by atoms with Crippen molar-refractivity contribution in [3.63, 3.8) is 0 Å². The van der Waals surface area contributed by atoms with Gasteiger partial charge < -0.3 is 10.1 Å². The average molecular weight is 344 g/mol. The van der Waals surface area contributed by atoms with E-state index in [1.165, 1.54) is 11.8 Å². The first kappa shape index (κ1) is 16.4. The van der Waals surface area contributed by atoms with Crippen LogP contribution in [-0.2, 0) is 9.53 Å². The smallest absolute Gasteiger partial charge is 0.234 e. The molecule has 0 radical (unpaired) electrons. The second-order valence-corrected chi connectivity index (χ2v) is 6.22. The molecule has 0 spiro atoms. The number of aromatic nitrogens is 4. The third-order valence-electron chi connectivity index (χ3n) is 3.61. The van der Waals surface area contributed by atoms with Crippen molar-refractivity contribution in [3.05, 3.63) is 29.8 Å². The highest BCUT2D eigenvalue weighted by atomic mass is 32.2. The van der Waals surface area contributed by atoms with Gasteiger partial charge in [0.1, 0.15) is 0 Å². The molecule has 2 aromatic rings. The van der Waals surface area contributed by atoms with E-state index in [2.05, 4.69) is 20.8 Å². The Kier molecular flexibility index (Phi) is 5.40. The van der Waals surface area contributed by atoms with Gasteiger partial charge >= 0.3 is 0 Å².